The van der Waals surface area contributed by atoms with Crippen molar-refractivity contribution < 1.29 is 0 Å². The number of rotatable bonds is 3. The molecular weight excluding hydrogens is 504 g/mol. The fourth-order valence-corrected chi connectivity index (χ4v) is 7.02. The Labute approximate surface area is 236 Å². The van der Waals surface area contributed by atoms with Crippen molar-refractivity contribution in [1.82, 2.24) is 4.57 Å². The van der Waals surface area contributed by atoms with Gasteiger partial charge >= 0.3 is 0 Å². The van der Waals surface area contributed by atoms with E-state index in [0.717, 1.165) is 27.8 Å². The maximum atomic E-state index is 9.75. The van der Waals surface area contributed by atoms with E-state index in [4.69, 9.17) is 0 Å². The first-order chi connectivity index (χ1) is 19.8. The van der Waals surface area contributed by atoms with Crippen LogP contribution < -0.4 is 0 Å². The lowest BCUT2D eigenvalue weighted by atomic mass is 9.94. The van der Waals surface area contributed by atoms with Crippen LogP contribution in [0, 0.1) is 11.3 Å². The number of hydrogen-bond acceptors (Lipinski definition) is 2. The summed E-state index contributed by atoms with van der Waals surface area (Å²) in [4.78, 5) is 2.58. The Morgan fingerprint density at radius 1 is 0.500 bits per heavy atom. The minimum absolute atomic E-state index is 0.662. The number of hydrogen-bond donors (Lipinski definition) is 0. The van der Waals surface area contributed by atoms with Crippen LogP contribution in [0.5, 0.6) is 0 Å². The first-order valence-corrected chi connectivity index (χ1v) is 14.1. The van der Waals surface area contributed by atoms with Gasteiger partial charge in [0.05, 0.1) is 28.4 Å². The minimum atomic E-state index is 0.662. The molecule has 6 aromatic carbocycles. The molecule has 3 heteroatoms. The van der Waals surface area contributed by atoms with Gasteiger partial charge in [-0.1, -0.05) is 90.6 Å². The van der Waals surface area contributed by atoms with Gasteiger partial charge in [0.2, 0.25) is 0 Å². The highest BCUT2D eigenvalue weighted by molar-refractivity contribution is 7.99. The molecule has 0 amide bonds. The largest absolute Gasteiger partial charge is 0.307 e. The van der Waals surface area contributed by atoms with E-state index in [9.17, 15) is 5.26 Å². The van der Waals surface area contributed by atoms with Crippen LogP contribution in [0.3, 0.4) is 0 Å². The van der Waals surface area contributed by atoms with E-state index in [1.165, 1.54) is 42.8 Å². The van der Waals surface area contributed by atoms with Crippen LogP contribution in [0.4, 0.5) is 0 Å². The van der Waals surface area contributed by atoms with Gasteiger partial charge in [0.15, 0.2) is 0 Å². The molecule has 1 aromatic heterocycles. The predicted molar refractivity (Wildman–Crippen MR) is 166 cm³/mol. The lowest BCUT2D eigenvalue weighted by molar-refractivity contribution is 1.09. The van der Waals surface area contributed by atoms with Crippen LogP contribution in [-0.2, 0) is 0 Å². The van der Waals surface area contributed by atoms with Crippen molar-refractivity contribution in [1.29, 1.82) is 5.26 Å². The molecule has 40 heavy (non-hydrogen) atoms. The van der Waals surface area contributed by atoms with Crippen molar-refractivity contribution in [2.45, 2.75) is 9.79 Å². The Bertz CT molecular complexity index is 2150. The van der Waals surface area contributed by atoms with Crippen LogP contribution in [0.25, 0.3) is 60.9 Å². The van der Waals surface area contributed by atoms with Gasteiger partial charge in [0.1, 0.15) is 0 Å². The summed E-state index contributed by atoms with van der Waals surface area (Å²) in [5, 5.41) is 12.3. The average molecular weight is 527 g/mol. The number of benzene rings is 6. The minimum Gasteiger partial charge on any atom is -0.307 e. The highest BCUT2D eigenvalue weighted by atomic mass is 32.2. The fraction of sp³-hybridized carbons (Fsp3) is 0. The third-order valence-corrected chi connectivity index (χ3v) is 8.89. The maximum Gasteiger partial charge on any atom is 0.0992 e. The Hall–Kier alpha value is -5.04. The number of para-hydroxylation sites is 2. The second-order valence-corrected chi connectivity index (χ2v) is 11.2. The van der Waals surface area contributed by atoms with Crippen LogP contribution in [-0.4, -0.2) is 4.57 Å². The molecule has 8 rings (SSSR count). The summed E-state index contributed by atoms with van der Waals surface area (Å²) in [7, 11) is 0. The zero-order chi connectivity index (χ0) is 26.6. The summed E-state index contributed by atoms with van der Waals surface area (Å²) in [6.07, 6.45) is 0. The van der Waals surface area contributed by atoms with E-state index in [0.29, 0.717) is 5.56 Å². The highest BCUT2D eigenvalue weighted by Crippen LogP contribution is 2.47. The van der Waals surface area contributed by atoms with Gasteiger partial charge in [-0.3, -0.25) is 0 Å². The first kappa shape index (κ1) is 22.9. The zero-order valence-corrected chi connectivity index (χ0v) is 22.3. The summed E-state index contributed by atoms with van der Waals surface area (Å²) in [6, 6.07) is 49.5. The molecule has 2 heterocycles. The third kappa shape index (κ3) is 3.58. The van der Waals surface area contributed by atoms with Crippen LogP contribution in [0.15, 0.2) is 143 Å². The molecule has 7 aromatic rings. The van der Waals surface area contributed by atoms with Crippen LogP contribution in [0.2, 0.25) is 0 Å². The second-order valence-electron chi connectivity index (χ2n) is 10.1. The standard InChI is InChI=1S/C37H22N2S/c38-23-24-18-29(25-8-2-1-3-9-25)21-30(19-24)27-11-6-10-26(20-27)28-16-17-33-32(22-28)31-12-7-15-36-37(31)39(33)34-13-4-5-14-35(34)40-36/h1-22H. The lowest BCUT2D eigenvalue weighted by Crippen LogP contribution is -2.00. The molecule has 0 bridgehead atoms. The second kappa shape index (κ2) is 9.02. The molecule has 186 valence electrons. The fourth-order valence-electron chi connectivity index (χ4n) is 5.93. The summed E-state index contributed by atoms with van der Waals surface area (Å²) in [5.41, 5.74) is 11.1. The molecule has 2 nitrogen and oxygen atoms in total. The van der Waals surface area contributed by atoms with Gasteiger partial charge in [-0.2, -0.15) is 5.26 Å². The van der Waals surface area contributed by atoms with Gasteiger partial charge < -0.3 is 4.57 Å². The van der Waals surface area contributed by atoms with Gasteiger partial charge in [0.25, 0.3) is 0 Å². The summed E-state index contributed by atoms with van der Waals surface area (Å²) in [6.45, 7) is 0. The normalized spacial score (nSPS) is 11.9. The Kier molecular flexibility index (Phi) is 5.16. The average Bonchev–Trinajstić information content (AvgIpc) is 3.36. The zero-order valence-electron chi connectivity index (χ0n) is 21.5. The topological polar surface area (TPSA) is 28.7 Å². The SMILES string of the molecule is N#Cc1cc(-c2ccccc2)cc(-c2cccc(-c3ccc4c(c3)c3cccc5c3n4-c3ccccc3S5)c2)c1. The number of nitriles is 1. The van der Waals surface area contributed by atoms with Gasteiger partial charge in [0, 0.05) is 20.6 Å². The first-order valence-electron chi connectivity index (χ1n) is 13.3. The Balaban J connectivity index is 1.28. The molecule has 0 atom stereocenters. The molecule has 0 spiro atoms. The third-order valence-electron chi connectivity index (χ3n) is 7.77. The number of nitrogens with zero attached hydrogens (tertiary/aromatic N) is 2. The summed E-state index contributed by atoms with van der Waals surface area (Å²) in [5.74, 6) is 0. The Morgan fingerprint density at radius 3 is 2.00 bits per heavy atom. The van der Waals surface area contributed by atoms with Gasteiger partial charge in [-0.05, 0) is 88.0 Å². The Morgan fingerprint density at radius 2 is 1.15 bits per heavy atom. The molecule has 0 aliphatic carbocycles. The molecule has 0 saturated heterocycles. The van der Waals surface area contributed by atoms with Crippen molar-refractivity contribution in [2.24, 2.45) is 0 Å². The van der Waals surface area contributed by atoms with E-state index < -0.39 is 0 Å². The van der Waals surface area contributed by atoms with Crippen molar-refractivity contribution >= 4 is 33.6 Å². The maximum absolute atomic E-state index is 9.75. The van der Waals surface area contributed by atoms with Crippen molar-refractivity contribution in [2.75, 3.05) is 0 Å². The molecular formula is C37H22N2S. The van der Waals surface area contributed by atoms with Crippen molar-refractivity contribution in [3.63, 3.8) is 0 Å². The summed E-state index contributed by atoms with van der Waals surface area (Å²) < 4.78 is 2.42. The highest BCUT2D eigenvalue weighted by Gasteiger charge is 2.22. The number of fused-ring (bicyclic) bond motifs is 5. The van der Waals surface area contributed by atoms with Crippen LogP contribution in [0.1, 0.15) is 5.56 Å². The quantitative estimate of drug-likeness (QED) is 0.229. The van der Waals surface area contributed by atoms with E-state index in [2.05, 4.69) is 114 Å². The summed E-state index contributed by atoms with van der Waals surface area (Å²) >= 11 is 1.85. The monoisotopic (exact) mass is 526 g/mol. The smallest absolute Gasteiger partial charge is 0.0992 e. The van der Waals surface area contributed by atoms with Gasteiger partial charge in [-0.15, -0.1) is 0 Å². The molecule has 1 aliphatic heterocycles. The van der Waals surface area contributed by atoms with Crippen molar-refractivity contribution in [3.8, 4) is 45.1 Å². The van der Waals surface area contributed by atoms with Crippen molar-refractivity contribution in [3.05, 3.63) is 139 Å². The predicted octanol–water partition coefficient (Wildman–Crippen LogP) is 10.1. The van der Waals surface area contributed by atoms with Crippen LogP contribution >= 0.6 is 11.8 Å². The molecule has 0 fully saturated rings. The molecule has 0 N–H and O–H groups in total. The van der Waals surface area contributed by atoms with E-state index in [-0.39, 0.29) is 0 Å². The van der Waals surface area contributed by atoms with E-state index >= 15 is 0 Å². The van der Waals surface area contributed by atoms with Gasteiger partial charge in [-0.25, -0.2) is 0 Å². The number of aromatic nitrogens is 1. The molecule has 1 aliphatic rings. The molecule has 0 saturated carbocycles. The van der Waals surface area contributed by atoms with E-state index in [1.807, 2.05) is 42.1 Å². The molecule has 0 radical (unpaired) electrons. The lowest BCUT2D eigenvalue weighted by Gasteiger charge is -2.19. The van der Waals surface area contributed by atoms with E-state index in [1.54, 1.807) is 0 Å². The molecule has 0 unspecified atom stereocenters.